The number of halogens is 2. The van der Waals surface area contributed by atoms with Crippen molar-refractivity contribution in [1.29, 1.82) is 0 Å². The molecule has 10 heteroatoms. The maximum absolute atomic E-state index is 12.6. The normalized spacial score (nSPS) is 18.2. The smallest absolute Gasteiger partial charge is 0.306 e. The number of nitrogens with one attached hydrogen (secondary N) is 1. The van der Waals surface area contributed by atoms with Crippen LogP contribution in [-0.2, 0) is 19.6 Å². The van der Waals surface area contributed by atoms with Crippen LogP contribution in [0.15, 0.2) is 35.5 Å². The van der Waals surface area contributed by atoms with Crippen molar-refractivity contribution in [3.63, 3.8) is 0 Å². The molecule has 1 aliphatic rings. The molecule has 7 nitrogen and oxygen atoms in total. The average Bonchev–Trinajstić information content (AvgIpc) is 2.43. The largest absolute Gasteiger partial charge is 0.481 e. The molecular weight excluding hydrogens is 355 g/mol. The first-order valence-electron chi connectivity index (χ1n) is 5.91. The summed E-state index contributed by atoms with van der Waals surface area (Å²) >= 11 is 11.5. The van der Waals surface area contributed by atoms with E-state index in [1.807, 2.05) is 0 Å². The van der Waals surface area contributed by atoms with E-state index in [1.54, 1.807) is 0 Å². The molecule has 1 atom stereocenters. The monoisotopic (exact) mass is 364 g/mol. The van der Waals surface area contributed by atoms with E-state index in [1.165, 1.54) is 12.1 Å². The number of benzene rings is 1. The highest BCUT2D eigenvalue weighted by Crippen LogP contribution is 2.28. The zero-order chi connectivity index (χ0) is 16.5. The molecule has 2 N–H and O–H groups in total. The van der Waals surface area contributed by atoms with Crippen LogP contribution < -0.4 is 5.32 Å². The molecule has 1 aliphatic heterocycles. The Bertz CT molecular complexity index is 763. The third-order valence-corrected chi connectivity index (χ3v) is 5.41. The van der Waals surface area contributed by atoms with Gasteiger partial charge in [0.15, 0.2) is 0 Å². The molecule has 0 saturated carbocycles. The Morgan fingerprint density at radius 3 is 2.59 bits per heavy atom. The number of hydrogen-bond donors (Lipinski definition) is 2. The van der Waals surface area contributed by atoms with Gasteiger partial charge in [0.25, 0.3) is 10.0 Å². The Labute approximate surface area is 136 Å². The highest BCUT2D eigenvalue weighted by Gasteiger charge is 2.37. The lowest BCUT2D eigenvalue weighted by molar-refractivity contribution is -0.140. The van der Waals surface area contributed by atoms with Gasteiger partial charge in [0.05, 0.1) is 21.4 Å². The zero-order valence-corrected chi connectivity index (χ0v) is 13.2. The molecule has 2 rings (SSSR count). The number of rotatable bonds is 4. The molecule has 1 aromatic rings. The second kappa shape index (κ2) is 6.15. The molecule has 22 heavy (non-hydrogen) atoms. The molecule has 118 valence electrons. The lowest BCUT2D eigenvalue weighted by Gasteiger charge is -2.30. The van der Waals surface area contributed by atoms with Crippen LogP contribution >= 0.6 is 23.2 Å². The van der Waals surface area contributed by atoms with E-state index in [0.29, 0.717) is 4.31 Å². The van der Waals surface area contributed by atoms with Gasteiger partial charge in [-0.25, -0.2) is 8.42 Å². The number of carboxylic acids is 1. The van der Waals surface area contributed by atoms with Crippen LogP contribution in [0.2, 0.25) is 10.0 Å². The quantitative estimate of drug-likeness (QED) is 0.840. The molecule has 0 saturated heterocycles. The molecule has 0 aliphatic carbocycles. The molecule has 1 aromatic carbocycles. The molecule has 0 unspecified atom stereocenters. The molecule has 1 heterocycles. The van der Waals surface area contributed by atoms with Crippen LogP contribution in [0.4, 0.5) is 0 Å². The SMILES string of the molecule is O=C(O)C[C@@H]1C(=O)NC=CN1S(=O)(=O)c1ccc(Cl)c(Cl)c1. The first kappa shape index (κ1) is 16.6. The maximum atomic E-state index is 12.6. The summed E-state index contributed by atoms with van der Waals surface area (Å²) in [5.74, 6) is -2.03. The summed E-state index contributed by atoms with van der Waals surface area (Å²) < 4.78 is 25.9. The van der Waals surface area contributed by atoms with Crippen LogP contribution in [0.5, 0.6) is 0 Å². The average molecular weight is 365 g/mol. The van der Waals surface area contributed by atoms with Gasteiger partial charge in [-0.05, 0) is 18.2 Å². The van der Waals surface area contributed by atoms with Crippen molar-refractivity contribution in [2.75, 3.05) is 0 Å². The van der Waals surface area contributed by atoms with E-state index < -0.39 is 34.4 Å². The van der Waals surface area contributed by atoms with Crippen LogP contribution in [-0.4, -0.2) is 35.7 Å². The Morgan fingerprint density at radius 1 is 1.32 bits per heavy atom. The highest BCUT2D eigenvalue weighted by atomic mass is 35.5. The van der Waals surface area contributed by atoms with Crippen LogP contribution in [0, 0.1) is 0 Å². The molecular formula is C12H10Cl2N2O5S. The van der Waals surface area contributed by atoms with Crippen molar-refractivity contribution in [3.8, 4) is 0 Å². The summed E-state index contributed by atoms with van der Waals surface area (Å²) in [7, 11) is -4.15. The summed E-state index contributed by atoms with van der Waals surface area (Å²) in [6, 6.07) is 2.28. The van der Waals surface area contributed by atoms with Crippen molar-refractivity contribution < 1.29 is 23.1 Å². The van der Waals surface area contributed by atoms with Crippen LogP contribution in [0.25, 0.3) is 0 Å². The highest BCUT2D eigenvalue weighted by molar-refractivity contribution is 7.89. The number of hydrogen-bond acceptors (Lipinski definition) is 4. The van der Waals surface area contributed by atoms with Gasteiger partial charge in [-0.2, -0.15) is 0 Å². The minimum Gasteiger partial charge on any atom is -0.481 e. The Kier molecular flexibility index (Phi) is 4.64. The fourth-order valence-electron chi connectivity index (χ4n) is 1.86. The molecule has 0 spiro atoms. The van der Waals surface area contributed by atoms with Crippen molar-refractivity contribution in [2.45, 2.75) is 17.4 Å². The maximum Gasteiger partial charge on any atom is 0.306 e. The molecule has 1 amide bonds. The third-order valence-electron chi connectivity index (χ3n) is 2.89. The fraction of sp³-hybridized carbons (Fsp3) is 0.167. The van der Waals surface area contributed by atoms with Gasteiger partial charge in [0, 0.05) is 12.4 Å². The van der Waals surface area contributed by atoms with Gasteiger partial charge in [-0.1, -0.05) is 23.2 Å². The Balaban J connectivity index is 2.47. The van der Waals surface area contributed by atoms with E-state index in [-0.39, 0.29) is 14.9 Å². The van der Waals surface area contributed by atoms with Crippen LogP contribution in [0.1, 0.15) is 6.42 Å². The zero-order valence-electron chi connectivity index (χ0n) is 10.9. The molecule has 0 radical (unpaired) electrons. The fourth-order valence-corrected chi connectivity index (χ4v) is 3.70. The summed E-state index contributed by atoms with van der Waals surface area (Å²) in [5, 5.41) is 11.3. The van der Waals surface area contributed by atoms with Crippen LogP contribution in [0.3, 0.4) is 0 Å². The second-order valence-electron chi connectivity index (χ2n) is 4.35. The third kappa shape index (κ3) is 3.18. The van der Waals surface area contributed by atoms with Gasteiger partial charge in [-0.3, -0.25) is 13.9 Å². The topological polar surface area (TPSA) is 104 Å². The number of carbonyl (C=O) groups excluding carboxylic acids is 1. The lowest BCUT2D eigenvalue weighted by atomic mass is 10.2. The van der Waals surface area contributed by atoms with E-state index in [2.05, 4.69) is 5.32 Å². The summed E-state index contributed by atoms with van der Waals surface area (Å²) in [6.45, 7) is 0. The molecule has 0 bridgehead atoms. The van der Waals surface area contributed by atoms with E-state index in [0.717, 1.165) is 18.5 Å². The Morgan fingerprint density at radius 2 is 2.00 bits per heavy atom. The predicted molar refractivity (Wildman–Crippen MR) is 78.8 cm³/mol. The number of carboxylic acid groups (broad SMARTS) is 1. The van der Waals surface area contributed by atoms with Crippen molar-refractivity contribution in [3.05, 3.63) is 40.6 Å². The standard InChI is InChI=1S/C12H10Cl2N2O5S/c13-8-2-1-7(5-9(8)14)22(20,21)16-4-3-15-12(19)10(16)6-11(17)18/h1-5,10H,6H2,(H,15,19)(H,17,18)/t10-/m1/s1. The van der Waals surface area contributed by atoms with Gasteiger partial charge in [0.2, 0.25) is 5.91 Å². The summed E-state index contributed by atoms with van der Waals surface area (Å²) in [6.07, 6.45) is 1.54. The lowest BCUT2D eigenvalue weighted by Crippen LogP contribution is -2.49. The molecule has 0 fully saturated rings. The first-order valence-corrected chi connectivity index (χ1v) is 8.10. The summed E-state index contributed by atoms with van der Waals surface area (Å²) in [4.78, 5) is 22.4. The minimum absolute atomic E-state index is 0.0305. The van der Waals surface area contributed by atoms with Gasteiger partial charge >= 0.3 is 5.97 Å². The number of sulfonamides is 1. The number of nitrogens with zero attached hydrogens (tertiary/aromatic N) is 1. The van der Waals surface area contributed by atoms with Gasteiger partial charge in [0.1, 0.15) is 6.04 Å². The van der Waals surface area contributed by atoms with E-state index >= 15 is 0 Å². The predicted octanol–water partition coefficient (Wildman–Crippen LogP) is 1.43. The first-order chi connectivity index (χ1) is 10.2. The molecule has 0 aromatic heterocycles. The number of aliphatic carboxylic acids is 1. The second-order valence-corrected chi connectivity index (χ2v) is 7.01. The number of carbonyl (C=O) groups is 2. The minimum atomic E-state index is -4.15. The van der Waals surface area contributed by atoms with E-state index in [4.69, 9.17) is 28.3 Å². The van der Waals surface area contributed by atoms with Gasteiger partial charge < -0.3 is 10.4 Å². The van der Waals surface area contributed by atoms with Gasteiger partial charge in [-0.15, -0.1) is 0 Å². The van der Waals surface area contributed by atoms with Crippen molar-refractivity contribution >= 4 is 45.1 Å². The number of amides is 1. The summed E-state index contributed by atoms with van der Waals surface area (Å²) in [5.41, 5.74) is 0. The van der Waals surface area contributed by atoms with Crippen molar-refractivity contribution in [2.24, 2.45) is 0 Å². The Hall–Kier alpha value is -1.77. The van der Waals surface area contributed by atoms with E-state index in [9.17, 15) is 18.0 Å². The van der Waals surface area contributed by atoms with Crippen molar-refractivity contribution in [1.82, 2.24) is 9.62 Å².